The van der Waals surface area contributed by atoms with Gasteiger partial charge >= 0.3 is 0 Å². The molecule has 19 heavy (non-hydrogen) atoms. The summed E-state index contributed by atoms with van der Waals surface area (Å²) in [5.74, 6) is 0.765. The monoisotopic (exact) mass is 258 g/mol. The molecule has 1 aromatic carbocycles. The molecule has 1 unspecified atom stereocenters. The van der Waals surface area contributed by atoms with Gasteiger partial charge in [-0.2, -0.15) is 0 Å². The predicted octanol–water partition coefficient (Wildman–Crippen LogP) is 2.08. The van der Waals surface area contributed by atoms with Crippen molar-refractivity contribution in [2.45, 2.75) is 13.0 Å². The Labute approximate surface area is 112 Å². The highest BCUT2D eigenvalue weighted by Crippen LogP contribution is 2.23. The van der Waals surface area contributed by atoms with Crippen LogP contribution in [0, 0.1) is 0 Å². The van der Waals surface area contributed by atoms with Crippen LogP contribution in [0.3, 0.4) is 0 Å². The van der Waals surface area contributed by atoms with E-state index in [1.165, 1.54) is 0 Å². The highest BCUT2D eigenvalue weighted by Gasteiger charge is 2.10. The van der Waals surface area contributed by atoms with Crippen molar-refractivity contribution in [3.63, 3.8) is 0 Å². The number of rotatable bonds is 3. The van der Waals surface area contributed by atoms with Crippen LogP contribution in [0.2, 0.25) is 0 Å². The van der Waals surface area contributed by atoms with Crippen molar-refractivity contribution in [1.29, 1.82) is 0 Å². The molecule has 0 aliphatic carbocycles. The molecule has 0 spiro atoms. The van der Waals surface area contributed by atoms with E-state index < -0.39 is 0 Å². The first-order valence-electron chi connectivity index (χ1n) is 6.14. The standard InChI is InChI=1S/C15H18N2O2/c1-10(16)13-7-8-14(17(2)15(13)18)11-5-4-6-12(9-11)19-3/h4-10H,16H2,1-3H3. The fraction of sp³-hybridized carbons (Fsp3) is 0.267. The Morgan fingerprint density at radius 3 is 2.63 bits per heavy atom. The molecule has 2 aromatic rings. The number of nitrogens with two attached hydrogens (primary N) is 1. The molecular formula is C15H18N2O2. The van der Waals surface area contributed by atoms with E-state index in [1.54, 1.807) is 24.8 Å². The molecule has 100 valence electrons. The van der Waals surface area contributed by atoms with Crippen LogP contribution >= 0.6 is 0 Å². The summed E-state index contributed by atoms with van der Waals surface area (Å²) in [5.41, 5.74) is 8.13. The third kappa shape index (κ3) is 2.53. The summed E-state index contributed by atoms with van der Waals surface area (Å²) in [5, 5.41) is 0. The molecule has 0 saturated carbocycles. The van der Waals surface area contributed by atoms with E-state index in [4.69, 9.17) is 10.5 Å². The van der Waals surface area contributed by atoms with Gasteiger partial charge in [0, 0.05) is 24.2 Å². The van der Waals surface area contributed by atoms with Crippen LogP contribution in [-0.2, 0) is 7.05 Å². The summed E-state index contributed by atoms with van der Waals surface area (Å²) in [6, 6.07) is 11.1. The lowest BCUT2D eigenvalue weighted by atomic mass is 10.1. The fourth-order valence-electron chi connectivity index (χ4n) is 2.07. The minimum absolute atomic E-state index is 0.0599. The zero-order valence-electron chi connectivity index (χ0n) is 11.4. The van der Waals surface area contributed by atoms with Crippen molar-refractivity contribution in [3.05, 3.63) is 52.3 Å². The average molecular weight is 258 g/mol. The number of pyridine rings is 1. The van der Waals surface area contributed by atoms with E-state index >= 15 is 0 Å². The molecule has 2 N–H and O–H groups in total. The fourth-order valence-corrected chi connectivity index (χ4v) is 2.07. The third-order valence-electron chi connectivity index (χ3n) is 3.19. The molecule has 0 bridgehead atoms. The van der Waals surface area contributed by atoms with Crippen molar-refractivity contribution in [2.75, 3.05) is 7.11 Å². The Bertz CT molecular complexity index is 645. The van der Waals surface area contributed by atoms with Gasteiger partial charge in [-0.15, -0.1) is 0 Å². The Hall–Kier alpha value is -2.07. The lowest BCUT2D eigenvalue weighted by Gasteiger charge is -2.13. The largest absolute Gasteiger partial charge is 0.497 e. The zero-order chi connectivity index (χ0) is 14.0. The minimum atomic E-state index is -0.266. The van der Waals surface area contributed by atoms with Gasteiger partial charge in [0.15, 0.2) is 0 Å². The molecule has 4 heteroatoms. The van der Waals surface area contributed by atoms with E-state index in [0.717, 1.165) is 17.0 Å². The first kappa shape index (κ1) is 13.4. The lowest BCUT2D eigenvalue weighted by molar-refractivity contribution is 0.415. The number of benzene rings is 1. The number of ether oxygens (including phenoxy) is 1. The summed E-state index contributed by atoms with van der Waals surface area (Å²) in [7, 11) is 3.38. The van der Waals surface area contributed by atoms with Gasteiger partial charge in [-0.25, -0.2) is 0 Å². The van der Waals surface area contributed by atoms with Crippen molar-refractivity contribution >= 4 is 0 Å². The van der Waals surface area contributed by atoms with Crippen molar-refractivity contribution in [3.8, 4) is 17.0 Å². The molecule has 0 radical (unpaired) electrons. The molecule has 1 atom stereocenters. The number of hydrogen-bond donors (Lipinski definition) is 1. The molecular weight excluding hydrogens is 240 g/mol. The maximum Gasteiger partial charge on any atom is 0.255 e. The summed E-state index contributed by atoms with van der Waals surface area (Å²) >= 11 is 0. The van der Waals surface area contributed by atoms with Gasteiger partial charge in [0.05, 0.1) is 12.8 Å². The maximum atomic E-state index is 12.2. The topological polar surface area (TPSA) is 57.2 Å². The highest BCUT2D eigenvalue weighted by atomic mass is 16.5. The molecule has 2 rings (SSSR count). The van der Waals surface area contributed by atoms with E-state index in [9.17, 15) is 4.79 Å². The Balaban J connectivity index is 2.57. The smallest absolute Gasteiger partial charge is 0.255 e. The molecule has 0 saturated heterocycles. The third-order valence-corrected chi connectivity index (χ3v) is 3.19. The van der Waals surface area contributed by atoms with Gasteiger partial charge in [0.2, 0.25) is 0 Å². The maximum absolute atomic E-state index is 12.2. The van der Waals surface area contributed by atoms with Gasteiger partial charge in [-0.05, 0) is 31.2 Å². The second kappa shape index (κ2) is 5.28. The van der Waals surface area contributed by atoms with Crippen molar-refractivity contribution in [1.82, 2.24) is 4.57 Å². The summed E-state index contributed by atoms with van der Waals surface area (Å²) in [6.07, 6.45) is 0. The molecule has 4 nitrogen and oxygen atoms in total. The van der Waals surface area contributed by atoms with Gasteiger partial charge in [0.25, 0.3) is 5.56 Å². The Kier molecular flexibility index (Phi) is 3.71. The van der Waals surface area contributed by atoms with Crippen LogP contribution in [0.15, 0.2) is 41.2 Å². The summed E-state index contributed by atoms with van der Waals surface area (Å²) < 4.78 is 6.82. The number of aromatic nitrogens is 1. The Morgan fingerprint density at radius 2 is 2.00 bits per heavy atom. The van der Waals surface area contributed by atoms with E-state index in [-0.39, 0.29) is 11.6 Å². The SMILES string of the molecule is COc1cccc(-c2ccc(C(C)N)c(=O)n2C)c1. The molecule has 0 fully saturated rings. The average Bonchev–Trinajstić information content (AvgIpc) is 2.41. The van der Waals surface area contributed by atoms with Crippen molar-refractivity contribution < 1.29 is 4.74 Å². The molecule has 0 aliphatic heterocycles. The van der Waals surface area contributed by atoms with Crippen molar-refractivity contribution in [2.24, 2.45) is 12.8 Å². The van der Waals surface area contributed by atoms with Crippen LogP contribution < -0.4 is 16.0 Å². The quantitative estimate of drug-likeness (QED) is 0.917. The predicted molar refractivity (Wildman–Crippen MR) is 76.3 cm³/mol. The van der Waals surface area contributed by atoms with Gasteiger partial charge in [-0.3, -0.25) is 4.79 Å². The Morgan fingerprint density at radius 1 is 1.26 bits per heavy atom. The van der Waals surface area contributed by atoms with Crippen LogP contribution in [0.5, 0.6) is 5.75 Å². The number of methoxy groups -OCH3 is 1. The highest BCUT2D eigenvalue weighted by molar-refractivity contribution is 5.62. The van der Waals surface area contributed by atoms with E-state index in [2.05, 4.69) is 0 Å². The number of nitrogens with zero attached hydrogens (tertiary/aromatic N) is 1. The van der Waals surface area contributed by atoms with Gasteiger partial charge < -0.3 is 15.0 Å². The number of hydrogen-bond acceptors (Lipinski definition) is 3. The normalized spacial score (nSPS) is 12.2. The minimum Gasteiger partial charge on any atom is -0.497 e. The first-order chi connectivity index (χ1) is 9.04. The lowest BCUT2D eigenvalue weighted by Crippen LogP contribution is -2.26. The van der Waals surface area contributed by atoms with Crippen LogP contribution in [0.25, 0.3) is 11.3 Å². The second-order valence-corrected chi connectivity index (χ2v) is 4.56. The van der Waals surface area contributed by atoms with Crippen LogP contribution in [0.4, 0.5) is 0 Å². The second-order valence-electron chi connectivity index (χ2n) is 4.56. The van der Waals surface area contributed by atoms with Crippen LogP contribution in [0.1, 0.15) is 18.5 Å². The molecule has 0 aliphatic rings. The summed E-state index contributed by atoms with van der Waals surface area (Å²) in [4.78, 5) is 12.2. The first-order valence-corrected chi connectivity index (χ1v) is 6.14. The van der Waals surface area contributed by atoms with Crippen LogP contribution in [-0.4, -0.2) is 11.7 Å². The molecule has 0 amide bonds. The summed E-state index contributed by atoms with van der Waals surface area (Å²) in [6.45, 7) is 1.81. The molecule has 1 heterocycles. The zero-order valence-corrected chi connectivity index (χ0v) is 11.4. The van der Waals surface area contributed by atoms with E-state index in [0.29, 0.717) is 5.56 Å². The van der Waals surface area contributed by atoms with E-state index in [1.807, 2.05) is 37.3 Å². The van der Waals surface area contributed by atoms with Gasteiger partial charge in [0.1, 0.15) is 5.75 Å². The van der Waals surface area contributed by atoms with Gasteiger partial charge in [-0.1, -0.05) is 12.1 Å². The molecule has 1 aromatic heterocycles.